The Morgan fingerprint density at radius 3 is 2.88 bits per heavy atom. The Hall–Kier alpha value is -1.22. The van der Waals surface area contributed by atoms with Crippen LogP contribution in [0.1, 0.15) is 30.1 Å². The number of carbonyl (C=O) groups is 1. The predicted octanol–water partition coefficient (Wildman–Crippen LogP) is 2.99. The van der Waals surface area contributed by atoms with Crippen molar-refractivity contribution in [3.05, 3.63) is 23.8 Å². The highest BCUT2D eigenvalue weighted by atomic mass is 35.5. The lowest BCUT2D eigenvalue weighted by Gasteiger charge is -2.07. The number of ether oxygens (including phenoxy) is 1. The van der Waals surface area contributed by atoms with Gasteiger partial charge in [0.15, 0.2) is 5.78 Å². The van der Waals surface area contributed by atoms with E-state index in [4.69, 9.17) is 16.3 Å². The van der Waals surface area contributed by atoms with E-state index in [0.29, 0.717) is 12.4 Å². The first-order valence-electron chi connectivity index (χ1n) is 5.24. The van der Waals surface area contributed by atoms with Gasteiger partial charge >= 0.3 is 0 Å². The number of carbonyl (C=O) groups excluding carboxylic acids is 1. The van der Waals surface area contributed by atoms with Gasteiger partial charge < -0.3 is 9.84 Å². The summed E-state index contributed by atoms with van der Waals surface area (Å²) in [4.78, 5) is 11.6. The van der Waals surface area contributed by atoms with Gasteiger partial charge in [0.1, 0.15) is 11.5 Å². The molecule has 0 saturated heterocycles. The van der Waals surface area contributed by atoms with E-state index in [0.717, 1.165) is 6.42 Å². The minimum atomic E-state index is -0.172. The number of phenolic OH excluding ortho intramolecular Hbond substituents is 1. The van der Waals surface area contributed by atoms with Gasteiger partial charge in [0.2, 0.25) is 0 Å². The van der Waals surface area contributed by atoms with Crippen LogP contribution in [0, 0.1) is 0 Å². The molecule has 0 radical (unpaired) electrons. The molecule has 0 aliphatic rings. The van der Waals surface area contributed by atoms with Crippen molar-refractivity contribution in [1.82, 2.24) is 0 Å². The summed E-state index contributed by atoms with van der Waals surface area (Å²) in [6.07, 6.45) is 1.11. The monoisotopic (exact) mass is 242 g/mol. The number of aromatic hydroxyl groups is 1. The van der Waals surface area contributed by atoms with Crippen molar-refractivity contribution in [1.29, 1.82) is 0 Å². The van der Waals surface area contributed by atoms with Crippen molar-refractivity contribution in [2.45, 2.75) is 19.8 Å². The zero-order chi connectivity index (χ0) is 12.0. The molecule has 0 aliphatic carbocycles. The molecule has 3 nitrogen and oxygen atoms in total. The van der Waals surface area contributed by atoms with Crippen LogP contribution in [0.3, 0.4) is 0 Å². The van der Waals surface area contributed by atoms with Crippen LogP contribution in [0.4, 0.5) is 0 Å². The van der Waals surface area contributed by atoms with E-state index in [-0.39, 0.29) is 29.4 Å². The first-order valence-corrected chi connectivity index (χ1v) is 5.77. The Morgan fingerprint density at radius 2 is 2.25 bits per heavy atom. The summed E-state index contributed by atoms with van der Waals surface area (Å²) in [5.74, 6) is 0.643. The third-order valence-corrected chi connectivity index (χ3v) is 2.25. The smallest absolute Gasteiger partial charge is 0.167 e. The number of phenols is 1. The SMILES string of the molecule is CCCOc1ccc(O)c(C(=O)CCCl)c1. The average molecular weight is 243 g/mol. The number of halogens is 1. The molecule has 0 fully saturated rings. The van der Waals surface area contributed by atoms with Crippen LogP contribution in [0.5, 0.6) is 11.5 Å². The molecule has 0 heterocycles. The van der Waals surface area contributed by atoms with Gasteiger partial charge in [-0.3, -0.25) is 4.79 Å². The summed E-state index contributed by atoms with van der Waals surface area (Å²) in [6.45, 7) is 2.59. The van der Waals surface area contributed by atoms with Crippen molar-refractivity contribution in [2.75, 3.05) is 12.5 Å². The van der Waals surface area contributed by atoms with Gasteiger partial charge in [-0.1, -0.05) is 6.92 Å². The fourth-order valence-corrected chi connectivity index (χ4v) is 1.44. The van der Waals surface area contributed by atoms with Crippen LogP contribution in [0.15, 0.2) is 18.2 Å². The van der Waals surface area contributed by atoms with Crippen molar-refractivity contribution in [3.63, 3.8) is 0 Å². The molecule has 16 heavy (non-hydrogen) atoms. The van der Waals surface area contributed by atoms with Crippen molar-refractivity contribution < 1.29 is 14.6 Å². The standard InChI is InChI=1S/C12H15ClO3/c1-2-7-16-9-3-4-11(14)10(8-9)12(15)5-6-13/h3-4,8,14H,2,5-7H2,1H3. The number of hydrogen-bond acceptors (Lipinski definition) is 3. The van der Waals surface area contributed by atoms with Crippen molar-refractivity contribution in [2.24, 2.45) is 0 Å². The number of alkyl halides is 1. The lowest BCUT2D eigenvalue weighted by atomic mass is 10.1. The molecule has 1 aromatic rings. The number of Topliss-reactive ketones (excluding diaryl/α,β-unsaturated/α-hetero) is 1. The van der Waals surface area contributed by atoms with Gasteiger partial charge in [0.05, 0.1) is 12.2 Å². The molecule has 1 N–H and O–H groups in total. The number of benzene rings is 1. The molecule has 0 spiro atoms. The molecule has 0 aromatic heterocycles. The number of ketones is 1. The second kappa shape index (κ2) is 6.38. The lowest BCUT2D eigenvalue weighted by Crippen LogP contribution is -2.02. The number of hydrogen-bond donors (Lipinski definition) is 1. The zero-order valence-corrected chi connectivity index (χ0v) is 9.96. The van der Waals surface area contributed by atoms with Gasteiger partial charge in [0.25, 0.3) is 0 Å². The van der Waals surface area contributed by atoms with Crippen LogP contribution in [-0.2, 0) is 0 Å². The van der Waals surface area contributed by atoms with Crippen LogP contribution >= 0.6 is 11.6 Å². The fourth-order valence-electron chi connectivity index (χ4n) is 1.27. The molecule has 1 aromatic carbocycles. The first kappa shape index (κ1) is 12.8. The van der Waals surface area contributed by atoms with Gasteiger partial charge in [-0.2, -0.15) is 0 Å². The Labute approximate surface area is 100.0 Å². The third kappa shape index (κ3) is 3.42. The second-order valence-corrected chi connectivity index (χ2v) is 3.77. The summed E-state index contributed by atoms with van der Waals surface area (Å²) >= 11 is 5.49. The Bertz CT molecular complexity index is 363. The van der Waals surface area contributed by atoms with E-state index in [1.807, 2.05) is 6.92 Å². The molecular weight excluding hydrogens is 228 g/mol. The molecule has 0 unspecified atom stereocenters. The van der Waals surface area contributed by atoms with E-state index in [9.17, 15) is 9.90 Å². The Balaban J connectivity index is 2.85. The number of rotatable bonds is 6. The summed E-state index contributed by atoms with van der Waals surface area (Å²) in [7, 11) is 0. The summed E-state index contributed by atoms with van der Waals surface area (Å²) in [5.41, 5.74) is 0.272. The van der Waals surface area contributed by atoms with E-state index in [1.165, 1.54) is 6.07 Å². The summed E-state index contributed by atoms with van der Waals surface area (Å²) < 4.78 is 5.38. The topological polar surface area (TPSA) is 46.5 Å². The van der Waals surface area contributed by atoms with Gasteiger partial charge in [-0.15, -0.1) is 11.6 Å². The fraction of sp³-hybridized carbons (Fsp3) is 0.417. The Kier molecular flexibility index (Phi) is 5.12. The van der Waals surface area contributed by atoms with E-state index < -0.39 is 0 Å². The maximum absolute atomic E-state index is 11.6. The zero-order valence-electron chi connectivity index (χ0n) is 9.20. The third-order valence-electron chi connectivity index (χ3n) is 2.06. The molecule has 0 saturated carbocycles. The highest BCUT2D eigenvalue weighted by molar-refractivity contribution is 6.19. The minimum Gasteiger partial charge on any atom is -0.507 e. The van der Waals surface area contributed by atoms with Crippen LogP contribution in [-0.4, -0.2) is 23.4 Å². The molecule has 88 valence electrons. The summed E-state index contributed by atoms with van der Waals surface area (Å²) in [6, 6.07) is 4.66. The van der Waals surface area contributed by atoms with Gasteiger partial charge in [0, 0.05) is 12.3 Å². The molecule has 0 atom stereocenters. The van der Waals surface area contributed by atoms with Crippen molar-refractivity contribution in [3.8, 4) is 11.5 Å². The molecule has 0 aliphatic heterocycles. The minimum absolute atomic E-state index is 0.0287. The maximum Gasteiger partial charge on any atom is 0.167 e. The largest absolute Gasteiger partial charge is 0.507 e. The van der Waals surface area contributed by atoms with E-state index in [1.54, 1.807) is 12.1 Å². The van der Waals surface area contributed by atoms with E-state index >= 15 is 0 Å². The average Bonchev–Trinajstić information content (AvgIpc) is 2.28. The van der Waals surface area contributed by atoms with Crippen LogP contribution in [0.2, 0.25) is 0 Å². The molecular formula is C12H15ClO3. The van der Waals surface area contributed by atoms with Gasteiger partial charge in [-0.25, -0.2) is 0 Å². The predicted molar refractivity (Wildman–Crippen MR) is 63.6 cm³/mol. The Morgan fingerprint density at radius 1 is 1.50 bits per heavy atom. The van der Waals surface area contributed by atoms with Gasteiger partial charge in [-0.05, 0) is 24.6 Å². The molecule has 0 bridgehead atoms. The second-order valence-electron chi connectivity index (χ2n) is 3.39. The molecule has 0 amide bonds. The highest BCUT2D eigenvalue weighted by Gasteiger charge is 2.11. The van der Waals surface area contributed by atoms with Crippen LogP contribution in [0.25, 0.3) is 0 Å². The van der Waals surface area contributed by atoms with Crippen LogP contribution < -0.4 is 4.74 Å². The first-order chi connectivity index (χ1) is 7.69. The lowest BCUT2D eigenvalue weighted by molar-refractivity contribution is 0.0986. The highest BCUT2D eigenvalue weighted by Crippen LogP contribution is 2.24. The van der Waals surface area contributed by atoms with E-state index in [2.05, 4.69) is 0 Å². The molecule has 4 heteroatoms. The van der Waals surface area contributed by atoms with Crippen molar-refractivity contribution >= 4 is 17.4 Å². The summed E-state index contributed by atoms with van der Waals surface area (Å²) in [5, 5.41) is 9.54. The quantitative estimate of drug-likeness (QED) is 0.616. The molecule has 1 rings (SSSR count). The maximum atomic E-state index is 11.6. The normalized spacial score (nSPS) is 10.1.